The summed E-state index contributed by atoms with van der Waals surface area (Å²) < 4.78 is 80.9. The molecule has 0 spiro atoms. The van der Waals surface area contributed by atoms with Crippen LogP contribution in [0.15, 0.2) is 48.5 Å². The van der Waals surface area contributed by atoms with Gasteiger partial charge in [0.25, 0.3) is 0 Å². The first-order valence-electron chi connectivity index (χ1n) is 9.45. The van der Waals surface area contributed by atoms with Crippen LogP contribution in [0, 0.1) is 10.8 Å². The topological polar surface area (TPSA) is 60.2 Å². The number of nitrogens with zero attached hydrogens (tertiary/aromatic N) is 1. The first-order valence-corrected chi connectivity index (χ1v) is 9.83. The SMILES string of the molecule is N=C(c1ccc(OC(F)(F)F)cc1)N(CC(F)(F)F)C(=N)C1(c2ccc(Cl)cc2)CCC1. The Morgan fingerprint density at radius 3 is 1.94 bits per heavy atom. The summed E-state index contributed by atoms with van der Waals surface area (Å²) in [5, 5.41) is 17.4. The van der Waals surface area contributed by atoms with Crippen molar-refractivity contribution in [3.05, 3.63) is 64.7 Å². The standard InChI is InChI=1S/C21H18ClF6N3O/c22-15-6-4-14(5-7-15)19(10-1-11-19)18(30)31(12-20(23,24)25)17(29)13-2-8-16(9-3-13)32-21(26,27)28/h2-9,29-30H,1,10-12H2. The molecule has 0 saturated heterocycles. The average molecular weight is 478 g/mol. The molecule has 0 unspecified atom stereocenters. The van der Waals surface area contributed by atoms with E-state index in [0.717, 1.165) is 24.3 Å². The van der Waals surface area contributed by atoms with Gasteiger partial charge >= 0.3 is 12.5 Å². The zero-order chi connectivity index (χ0) is 23.7. The summed E-state index contributed by atoms with van der Waals surface area (Å²) in [6.45, 7) is -1.58. The van der Waals surface area contributed by atoms with Gasteiger partial charge in [-0.3, -0.25) is 10.8 Å². The molecule has 1 aliphatic rings. The molecule has 2 N–H and O–H groups in total. The third-order valence-corrected chi connectivity index (χ3v) is 5.55. The van der Waals surface area contributed by atoms with Gasteiger partial charge in [-0.15, -0.1) is 13.2 Å². The van der Waals surface area contributed by atoms with E-state index in [2.05, 4.69) is 4.74 Å². The number of halogens is 7. The van der Waals surface area contributed by atoms with Crippen molar-refractivity contribution in [3.63, 3.8) is 0 Å². The molecule has 0 heterocycles. The monoisotopic (exact) mass is 477 g/mol. The van der Waals surface area contributed by atoms with Gasteiger partial charge in [-0.1, -0.05) is 30.2 Å². The van der Waals surface area contributed by atoms with Crippen molar-refractivity contribution >= 4 is 23.3 Å². The van der Waals surface area contributed by atoms with Crippen molar-refractivity contribution < 1.29 is 31.1 Å². The zero-order valence-electron chi connectivity index (χ0n) is 16.4. The van der Waals surface area contributed by atoms with E-state index in [0.29, 0.717) is 34.7 Å². The smallest absolute Gasteiger partial charge is 0.406 e. The molecule has 0 aliphatic heterocycles. The zero-order valence-corrected chi connectivity index (χ0v) is 17.2. The number of hydrogen-bond donors (Lipinski definition) is 2. The Balaban J connectivity index is 1.93. The largest absolute Gasteiger partial charge is 0.573 e. The number of hydrogen-bond acceptors (Lipinski definition) is 3. The van der Waals surface area contributed by atoms with Gasteiger partial charge in [0.05, 0.1) is 5.41 Å². The van der Waals surface area contributed by atoms with Gasteiger partial charge < -0.3 is 9.64 Å². The maximum atomic E-state index is 13.4. The van der Waals surface area contributed by atoms with E-state index in [9.17, 15) is 26.3 Å². The summed E-state index contributed by atoms with van der Waals surface area (Å²) in [6.07, 6.45) is -8.10. The second kappa shape index (κ2) is 8.65. The van der Waals surface area contributed by atoms with Gasteiger partial charge in [-0.2, -0.15) is 13.2 Å². The Morgan fingerprint density at radius 2 is 1.50 bits per heavy atom. The molecule has 0 bridgehead atoms. The predicted molar refractivity (Wildman–Crippen MR) is 107 cm³/mol. The van der Waals surface area contributed by atoms with Crippen molar-refractivity contribution in [2.24, 2.45) is 0 Å². The highest BCUT2D eigenvalue weighted by molar-refractivity contribution is 6.30. The second-order valence-electron chi connectivity index (χ2n) is 7.41. The van der Waals surface area contributed by atoms with Crippen molar-refractivity contribution in [2.75, 3.05) is 6.54 Å². The summed E-state index contributed by atoms with van der Waals surface area (Å²) in [4.78, 5) is 0.549. The van der Waals surface area contributed by atoms with Gasteiger partial charge in [-0.05, 0) is 54.8 Å². The lowest BCUT2D eigenvalue weighted by atomic mass is 9.63. The molecular weight excluding hydrogens is 460 g/mol. The molecular formula is C21H18ClF6N3O. The molecule has 1 fully saturated rings. The Morgan fingerprint density at radius 1 is 0.938 bits per heavy atom. The number of amidine groups is 2. The number of nitrogens with one attached hydrogen (secondary N) is 2. The fourth-order valence-corrected chi connectivity index (χ4v) is 3.77. The Labute approximate surface area is 184 Å². The minimum absolute atomic E-state index is 0.0842. The Kier molecular flexibility index (Phi) is 6.46. The molecule has 2 aromatic rings. The van der Waals surface area contributed by atoms with Crippen LogP contribution in [0.4, 0.5) is 26.3 Å². The summed E-state index contributed by atoms with van der Waals surface area (Å²) in [5.74, 6) is -1.61. The molecule has 1 saturated carbocycles. The van der Waals surface area contributed by atoms with E-state index in [1.165, 1.54) is 0 Å². The maximum Gasteiger partial charge on any atom is 0.573 e. The third kappa shape index (κ3) is 5.35. The van der Waals surface area contributed by atoms with Gasteiger partial charge in [0.15, 0.2) is 0 Å². The molecule has 4 nitrogen and oxygen atoms in total. The van der Waals surface area contributed by atoms with Crippen molar-refractivity contribution in [1.29, 1.82) is 10.8 Å². The summed E-state index contributed by atoms with van der Waals surface area (Å²) >= 11 is 5.91. The summed E-state index contributed by atoms with van der Waals surface area (Å²) in [7, 11) is 0. The van der Waals surface area contributed by atoms with Crippen LogP contribution in [0.2, 0.25) is 5.02 Å². The van der Waals surface area contributed by atoms with Crippen LogP contribution in [0.3, 0.4) is 0 Å². The van der Waals surface area contributed by atoms with E-state index in [1.807, 2.05) is 0 Å². The van der Waals surface area contributed by atoms with Crippen LogP contribution in [-0.4, -0.2) is 35.7 Å². The van der Waals surface area contributed by atoms with Crippen molar-refractivity contribution in [3.8, 4) is 5.75 Å². The lowest BCUT2D eigenvalue weighted by molar-refractivity contribution is -0.274. The highest BCUT2D eigenvalue weighted by Crippen LogP contribution is 2.46. The molecule has 172 valence electrons. The number of rotatable bonds is 5. The van der Waals surface area contributed by atoms with Gasteiger partial charge in [0, 0.05) is 10.6 Å². The summed E-state index contributed by atoms with van der Waals surface area (Å²) in [5.41, 5.74) is -0.479. The van der Waals surface area contributed by atoms with E-state index >= 15 is 0 Å². The Hall–Kier alpha value is -2.75. The number of ether oxygens (including phenoxy) is 1. The lowest BCUT2D eigenvalue weighted by Gasteiger charge is -2.46. The number of benzene rings is 2. The predicted octanol–water partition coefficient (Wildman–Crippen LogP) is 6.53. The minimum Gasteiger partial charge on any atom is -0.406 e. The first kappa shape index (κ1) is 23.9. The first-order chi connectivity index (χ1) is 14.8. The van der Waals surface area contributed by atoms with Crippen LogP contribution in [0.5, 0.6) is 5.75 Å². The fourth-order valence-electron chi connectivity index (χ4n) is 3.64. The molecule has 0 amide bonds. The molecule has 32 heavy (non-hydrogen) atoms. The summed E-state index contributed by atoms with van der Waals surface area (Å²) in [6, 6.07) is 10.4. The van der Waals surface area contributed by atoms with Gasteiger partial charge in [0.2, 0.25) is 0 Å². The normalized spacial score (nSPS) is 15.6. The number of alkyl halides is 6. The molecule has 0 aromatic heterocycles. The quantitative estimate of drug-likeness (QED) is 0.292. The maximum absolute atomic E-state index is 13.4. The molecule has 0 atom stereocenters. The van der Waals surface area contributed by atoms with Crippen LogP contribution in [-0.2, 0) is 5.41 Å². The fraction of sp³-hybridized carbons (Fsp3) is 0.333. The van der Waals surface area contributed by atoms with E-state index in [1.54, 1.807) is 24.3 Å². The second-order valence-corrected chi connectivity index (χ2v) is 7.85. The van der Waals surface area contributed by atoms with Crippen molar-refractivity contribution in [2.45, 2.75) is 37.2 Å². The molecule has 11 heteroatoms. The van der Waals surface area contributed by atoms with Gasteiger partial charge in [-0.25, -0.2) is 0 Å². The molecule has 0 radical (unpaired) electrons. The van der Waals surface area contributed by atoms with Crippen LogP contribution in [0.1, 0.15) is 30.4 Å². The Bertz CT molecular complexity index is 983. The van der Waals surface area contributed by atoms with E-state index in [-0.39, 0.29) is 5.56 Å². The van der Waals surface area contributed by atoms with Crippen LogP contribution in [0.25, 0.3) is 0 Å². The van der Waals surface area contributed by atoms with E-state index in [4.69, 9.17) is 22.4 Å². The van der Waals surface area contributed by atoms with E-state index < -0.39 is 41.9 Å². The lowest BCUT2D eigenvalue weighted by Crippen LogP contribution is -2.54. The van der Waals surface area contributed by atoms with Crippen LogP contribution >= 0.6 is 11.6 Å². The average Bonchev–Trinajstić information content (AvgIpc) is 2.65. The highest BCUT2D eigenvalue weighted by atomic mass is 35.5. The molecule has 1 aliphatic carbocycles. The highest BCUT2D eigenvalue weighted by Gasteiger charge is 2.48. The minimum atomic E-state index is -4.92. The molecule has 2 aromatic carbocycles. The van der Waals surface area contributed by atoms with Crippen LogP contribution < -0.4 is 4.74 Å². The third-order valence-electron chi connectivity index (χ3n) is 5.30. The molecule has 3 rings (SSSR count). The van der Waals surface area contributed by atoms with Gasteiger partial charge in [0.1, 0.15) is 24.0 Å². The van der Waals surface area contributed by atoms with Crippen molar-refractivity contribution in [1.82, 2.24) is 4.90 Å².